The highest BCUT2D eigenvalue weighted by molar-refractivity contribution is 5.76. The number of amides is 1. The standard InChI is InChI=1S/C15H28N2O3/c1-11-8-17(9-14(10-18)20-11)15(19)7-4-12-2-5-13(16)6-3-12/h11-14,18H,2-10,16H2,1H3. The van der Waals surface area contributed by atoms with Crippen LogP contribution >= 0.6 is 0 Å². The summed E-state index contributed by atoms with van der Waals surface area (Å²) in [5.74, 6) is 0.860. The molecule has 20 heavy (non-hydrogen) atoms. The van der Waals surface area contributed by atoms with Crippen LogP contribution in [0.5, 0.6) is 0 Å². The van der Waals surface area contributed by atoms with Crippen LogP contribution in [0.2, 0.25) is 0 Å². The first-order valence-electron chi connectivity index (χ1n) is 7.88. The molecule has 2 atom stereocenters. The third-order valence-electron chi connectivity index (χ3n) is 4.54. The third-order valence-corrected chi connectivity index (χ3v) is 4.54. The van der Waals surface area contributed by atoms with Crippen LogP contribution in [0.3, 0.4) is 0 Å². The lowest BCUT2D eigenvalue weighted by molar-refractivity contribution is -0.147. The van der Waals surface area contributed by atoms with Crippen molar-refractivity contribution < 1.29 is 14.6 Å². The van der Waals surface area contributed by atoms with E-state index < -0.39 is 0 Å². The summed E-state index contributed by atoms with van der Waals surface area (Å²) in [5.41, 5.74) is 5.90. The van der Waals surface area contributed by atoms with Gasteiger partial charge in [0, 0.05) is 25.6 Å². The van der Waals surface area contributed by atoms with Crippen molar-refractivity contribution in [1.29, 1.82) is 0 Å². The van der Waals surface area contributed by atoms with E-state index >= 15 is 0 Å². The predicted molar refractivity (Wildman–Crippen MR) is 77.2 cm³/mol. The van der Waals surface area contributed by atoms with E-state index in [1.54, 1.807) is 0 Å². The van der Waals surface area contributed by atoms with Crippen LogP contribution in [-0.2, 0) is 9.53 Å². The predicted octanol–water partition coefficient (Wildman–Crippen LogP) is 0.892. The number of hydrogen-bond acceptors (Lipinski definition) is 4. The summed E-state index contributed by atoms with van der Waals surface area (Å²) >= 11 is 0. The molecule has 0 aromatic rings. The van der Waals surface area contributed by atoms with Gasteiger partial charge in [-0.3, -0.25) is 4.79 Å². The van der Waals surface area contributed by atoms with Crippen molar-refractivity contribution in [2.24, 2.45) is 11.7 Å². The molecule has 116 valence electrons. The van der Waals surface area contributed by atoms with Gasteiger partial charge in [-0.2, -0.15) is 0 Å². The lowest BCUT2D eigenvalue weighted by Gasteiger charge is -2.36. The van der Waals surface area contributed by atoms with Crippen molar-refractivity contribution in [2.75, 3.05) is 19.7 Å². The average Bonchev–Trinajstić information content (AvgIpc) is 2.45. The molecule has 1 aliphatic carbocycles. The summed E-state index contributed by atoms with van der Waals surface area (Å²) in [4.78, 5) is 14.1. The summed E-state index contributed by atoms with van der Waals surface area (Å²) in [6, 6.07) is 0.368. The van der Waals surface area contributed by atoms with Gasteiger partial charge in [-0.15, -0.1) is 0 Å². The van der Waals surface area contributed by atoms with E-state index in [2.05, 4.69) is 0 Å². The number of morpholine rings is 1. The zero-order chi connectivity index (χ0) is 14.5. The minimum Gasteiger partial charge on any atom is -0.394 e. The summed E-state index contributed by atoms with van der Waals surface area (Å²) in [6.45, 7) is 3.10. The van der Waals surface area contributed by atoms with Gasteiger partial charge in [0.15, 0.2) is 0 Å². The molecule has 0 aromatic heterocycles. The van der Waals surface area contributed by atoms with E-state index in [0.717, 1.165) is 32.1 Å². The van der Waals surface area contributed by atoms with Crippen LogP contribution in [0.1, 0.15) is 45.4 Å². The number of ether oxygens (including phenoxy) is 1. The van der Waals surface area contributed by atoms with E-state index in [-0.39, 0.29) is 24.7 Å². The molecule has 5 nitrogen and oxygen atoms in total. The highest BCUT2D eigenvalue weighted by Crippen LogP contribution is 2.27. The molecular weight excluding hydrogens is 256 g/mol. The second-order valence-corrected chi connectivity index (χ2v) is 6.37. The highest BCUT2D eigenvalue weighted by atomic mass is 16.5. The van der Waals surface area contributed by atoms with E-state index in [0.29, 0.717) is 31.5 Å². The van der Waals surface area contributed by atoms with Gasteiger partial charge < -0.3 is 20.5 Å². The molecule has 2 rings (SSSR count). The highest BCUT2D eigenvalue weighted by Gasteiger charge is 2.28. The van der Waals surface area contributed by atoms with E-state index in [1.807, 2.05) is 11.8 Å². The molecular formula is C15H28N2O3. The van der Waals surface area contributed by atoms with Crippen molar-refractivity contribution in [3.63, 3.8) is 0 Å². The van der Waals surface area contributed by atoms with Crippen molar-refractivity contribution in [1.82, 2.24) is 4.90 Å². The Kier molecular flexibility index (Phi) is 5.81. The number of aliphatic hydroxyl groups excluding tert-OH is 1. The van der Waals surface area contributed by atoms with Crippen LogP contribution in [0.15, 0.2) is 0 Å². The maximum atomic E-state index is 12.3. The molecule has 1 aliphatic heterocycles. The monoisotopic (exact) mass is 284 g/mol. The molecule has 1 heterocycles. The smallest absolute Gasteiger partial charge is 0.222 e. The molecule has 2 unspecified atom stereocenters. The normalized spacial score (nSPS) is 35.0. The third kappa shape index (κ3) is 4.43. The lowest BCUT2D eigenvalue weighted by Crippen LogP contribution is -2.50. The van der Waals surface area contributed by atoms with E-state index in [4.69, 9.17) is 10.5 Å². The first kappa shape index (κ1) is 15.7. The molecule has 0 radical (unpaired) electrons. The zero-order valence-electron chi connectivity index (χ0n) is 12.5. The van der Waals surface area contributed by atoms with Gasteiger partial charge in [-0.1, -0.05) is 0 Å². The van der Waals surface area contributed by atoms with Gasteiger partial charge in [0.25, 0.3) is 0 Å². The Bertz CT molecular complexity index is 316. The maximum absolute atomic E-state index is 12.3. The first-order chi connectivity index (χ1) is 9.58. The Morgan fingerprint density at radius 2 is 2.00 bits per heavy atom. The van der Waals surface area contributed by atoms with Crippen LogP contribution in [0.25, 0.3) is 0 Å². The minimum atomic E-state index is -0.227. The Hall–Kier alpha value is -0.650. The second-order valence-electron chi connectivity index (χ2n) is 6.37. The topological polar surface area (TPSA) is 75.8 Å². The fraction of sp³-hybridized carbons (Fsp3) is 0.933. The Morgan fingerprint density at radius 3 is 2.65 bits per heavy atom. The number of carbonyl (C=O) groups is 1. The van der Waals surface area contributed by atoms with Crippen molar-refractivity contribution in [3.05, 3.63) is 0 Å². The number of rotatable bonds is 4. The number of carbonyl (C=O) groups excluding carboxylic acids is 1. The van der Waals surface area contributed by atoms with E-state index in [9.17, 15) is 9.90 Å². The maximum Gasteiger partial charge on any atom is 0.222 e. The Balaban J connectivity index is 1.73. The van der Waals surface area contributed by atoms with Crippen molar-refractivity contribution in [3.8, 4) is 0 Å². The summed E-state index contributed by atoms with van der Waals surface area (Å²) < 4.78 is 5.56. The first-order valence-corrected chi connectivity index (χ1v) is 7.88. The number of aliphatic hydroxyl groups is 1. The van der Waals surface area contributed by atoms with Gasteiger partial charge in [0.1, 0.15) is 0 Å². The molecule has 0 aromatic carbocycles. The summed E-state index contributed by atoms with van der Waals surface area (Å²) in [5, 5.41) is 9.19. The largest absolute Gasteiger partial charge is 0.394 e. The zero-order valence-corrected chi connectivity index (χ0v) is 12.5. The van der Waals surface area contributed by atoms with Gasteiger partial charge in [0.05, 0.1) is 18.8 Å². The number of nitrogens with zero attached hydrogens (tertiary/aromatic N) is 1. The second kappa shape index (κ2) is 7.38. The van der Waals surface area contributed by atoms with Crippen LogP contribution < -0.4 is 5.73 Å². The molecule has 1 saturated heterocycles. The van der Waals surface area contributed by atoms with E-state index in [1.165, 1.54) is 0 Å². The van der Waals surface area contributed by atoms with Gasteiger partial charge in [-0.25, -0.2) is 0 Å². The Morgan fingerprint density at radius 1 is 1.30 bits per heavy atom. The molecule has 1 saturated carbocycles. The average molecular weight is 284 g/mol. The number of nitrogens with two attached hydrogens (primary N) is 1. The molecule has 3 N–H and O–H groups in total. The molecule has 2 fully saturated rings. The van der Waals surface area contributed by atoms with Crippen molar-refractivity contribution >= 4 is 5.91 Å². The molecule has 2 aliphatic rings. The summed E-state index contributed by atoms with van der Waals surface area (Å²) in [7, 11) is 0. The van der Waals surface area contributed by atoms with Crippen LogP contribution in [0.4, 0.5) is 0 Å². The fourth-order valence-corrected chi connectivity index (χ4v) is 3.31. The van der Waals surface area contributed by atoms with Crippen LogP contribution in [0, 0.1) is 5.92 Å². The quantitative estimate of drug-likeness (QED) is 0.804. The lowest BCUT2D eigenvalue weighted by atomic mass is 9.83. The van der Waals surface area contributed by atoms with Gasteiger partial charge in [-0.05, 0) is 44.9 Å². The van der Waals surface area contributed by atoms with Gasteiger partial charge >= 0.3 is 0 Å². The number of hydrogen-bond donors (Lipinski definition) is 2. The molecule has 1 amide bonds. The molecule has 0 bridgehead atoms. The van der Waals surface area contributed by atoms with Gasteiger partial charge in [0.2, 0.25) is 5.91 Å². The molecule has 5 heteroatoms. The SMILES string of the molecule is CC1CN(C(=O)CCC2CCC(N)CC2)CC(CO)O1. The molecule has 0 spiro atoms. The summed E-state index contributed by atoms with van der Waals surface area (Å²) in [6.07, 6.45) is 5.89. The van der Waals surface area contributed by atoms with Crippen LogP contribution in [-0.4, -0.2) is 53.9 Å². The Labute approximate surface area is 121 Å². The fourth-order valence-electron chi connectivity index (χ4n) is 3.31. The minimum absolute atomic E-state index is 0.0116. The van der Waals surface area contributed by atoms with Crippen molar-refractivity contribution in [2.45, 2.75) is 63.7 Å².